The van der Waals surface area contributed by atoms with Gasteiger partial charge in [0, 0.05) is 6.04 Å². The van der Waals surface area contributed by atoms with Gasteiger partial charge in [-0.15, -0.1) is 10.2 Å². The second-order valence-electron chi connectivity index (χ2n) is 6.78. The third-order valence-electron chi connectivity index (χ3n) is 4.87. The highest BCUT2D eigenvalue weighted by Gasteiger charge is 2.20. The molecule has 142 valence electrons. The van der Waals surface area contributed by atoms with Crippen LogP contribution >= 0.6 is 11.8 Å². The Kier molecular flexibility index (Phi) is 5.02. The minimum atomic E-state index is -0.942. The van der Waals surface area contributed by atoms with Crippen LogP contribution in [0.15, 0.2) is 29.4 Å². The van der Waals surface area contributed by atoms with Crippen LogP contribution in [0, 0.1) is 0 Å². The molecule has 0 atom stereocenters. The number of hydrogen-bond acceptors (Lipinski definition) is 5. The number of rotatable bonds is 6. The summed E-state index contributed by atoms with van der Waals surface area (Å²) in [5, 5.41) is 21.2. The largest absolute Gasteiger partial charge is 0.480 e. The SMILES string of the molecule is O=C(O)Cn1c2ccccc2n2c(SCC(=O)NC3CCCCC3)nnc12. The number of benzene rings is 1. The monoisotopic (exact) mass is 387 g/mol. The lowest BCUT2D eigenvalue weighted by atomic mass is 9.95. The molecule has 8 nitrogen and oxygen atoms in total. The summed E-state index contributed by atoms with van der Waals surface area (Å²) < 4.78 is 3.44. The van der Waals surface area contributed by atoms with E-state index in [-0.39, 0.29) is 24.2 Å². The highest BCUT2D eigenvalue weighted by Crippen LogP contribution is 2.26. The molecule has 1 fully saturated rings. The van der Waals surface area contributed by atoms with Crippen molar-refractivity contribution in [2.45, 2.75) is 49.8 Å². The summed E-state index contributed by atoms with van der Waals surface area (Å²) in [5.41, 5.74) is 1.60. The summed E-state index contributed by atoms with van der Waals surface area (Å²) in [6.45, 7) is -0.192. The smallest absolute Gasteiger partial charge is 0.323 e. The van der Waals surface area contributed by atoms with Crippen LogP contribution < -0.4 is 5.32 Å². The predicted octanol–water partition coefficient (Wildman–Crippen LogP) is 2.31. The predicted molar refractivity (Wildman–Crippen MR) is 102 cm³/mol. The Morgan fingerprint density at radius 2 is 1.89 bits per heavy atom. The molecule has 4 rings (SSSR count). The van der Waals surface area contributed by atoms with Gasteiger partial charge in [-0.05, 0) is 25.0 Å². The van der Waals surface area contributed by atoms with Gasteiger partial charge in [0.15, 0.2) is 5.16 Å². The second-order valence-corrected chi connectivity index (χ2v) is 7.72. The summed E-state index contributed by atoms with van der Waals surface area (Å²) in [4.78, 5) is 23.5. The zero-order valence-corrected chi connectivity index (χ0v) is 15.6. The van der Waals surface area contributed by atoms with Crippen LogP contribution in [0.4, 0.5) is 0 Å². The van der Waals surface area contributed by atoms with Gasteiger partial charge in [0.05, 0.1) is 16.8 Å². The van der Waals surface area contributed by atoms with E-state index in [1.54, 1.807) is 4.57 Å². The quantitative estimate of drug-likeness (QED) is 0.630. The highest BCUT2D eigenvalue weighted by molar-refractivity contribution is 7.99. The number of thioether (sulfide) groups is 1. The van der Waals surface area contributed by atoms with Crippen molar-refractivity contribution >= 4 is 40.4 Å². The first-order valence-electron chi connectivity index (χ1n) is 9.10. The topological polar surface area (TPSA) is 102 Å². The van der Waals surface area contributed by atoms with Crippen LogP contribution in [-0.4, -0.2) is 47.9 Å². The Bertz CT molecular complexity index is 990. The molecule has 1 aliphatic rings. The molecule has 2 aromatic heterocycles. The van der Waals surface area contributed by atoms with E-state index in [9.17, 15) is 14.7 Å². The van der Waals surface area contributed by atoms with Crippen molar-refractivity contribution in [2.24, 2.45) is 0 Å². The number of fused-ring (bicyclic) bond motifs is 3. The fourth-order valence-electron chi connectivity index (χ4n) is 3.67. The van der Waals surface area contributed by atoms with Crippen molar-refractivity contribution in [1.82, 2.24) is 24.5 Å². The Balaban J connectivity index is 1.55. The van der Waals surface area contributed by atoms with Crippen LogP contribution in [0.1, 0.15) is 32.1 Å². The summed E-state index contributed by atoms with van der Waals surface area (Å²) in [6, 6.07) is 7.78. The number of nitrogens with one attached hydrogen (secondary N) is 1. The molecule has 0 aliphatic heterocycles. The minimum Gasteiger partial charge on any atom is -0.480 e. The molecule has 2 N–H and O–H groups in total. The van der Waals surface area contributed by atoms with Crippen molar-refractivity contribution in [3.8, 4) is 0 Å². The van der Waals surface area contributed by atoms with E-state index in [1.165, 1.54) is 31.0 Å². The number of hydrogen-bond donors (Lipinski definition) is 2. The lowest BCUT2D eigenvalue weighted by Gasteiger charge is -2.22. The summed E-state index contributed by atoms with van der Waals surface area (Å²) >= 11 is 1.32. The number of carboxylic acid groups (broad SMARTS) is 1. The number of para-hydroxylation sites is 2. The molecule has 0 radical (unpaired) electrons. The number of imidazole rings is 1. The van der Waals surface area contributed by atoms with E-state index in [0.717, 1.165) is 23.9 Å². The fraction of sp³-hybridized carbons (Fsp3) is 0.444. The molecule has 1 aromatic carbocycles. The maximum Gasteiger partial charge on any atom is 0.323 e. The van der Waals surface area contributed by atoms with Gasteiger partial charge >= 0.3 is 5.97 Å². The Hall–Kier alpha value is -2.55. The molecular weight excluding hydrogens is 366 g/mol. The lowest BCUT2D eigenvalue weighted by Crippen LogP contribution is -2.37. The van der Waals surface area contributed by atoms with Gasteiger partial charge in [0.25, 0.3) is 0 Å². The summed E-state index contributed by atoms with van der Waals surface area (Å²) in [6.07, 6.45) is 5.69. The van der Waals surface area contributed by atoms with Crippen molar-refractivity contribution in [2.75, 3.05) is 5.75 Å². The molecule has 0 saturated heterocycles. The Labute approximate surface area is 159 Å². The molecule has 1 aliphatic carbocycles. The molecule has 0 bridgehead atoms. The minimum absolute atomic E-state index is 0.00192. The molecule has 9 heteroatoms. The van der Waals surface area contributed by atoms with Gasteiger partial charge < -0.3 is 10.4 Å². The second kappa shape index (κ2) is 7.59. The summed E-state index contributed by atoms with van der Waals surface area (Å²) in [7, 11) is 0. The third kappa shape index (κ3) is 3.64. The first kappa shape index (κ1) is 17.8. The van der Waals surface area contributed by atoms with Crippen LogP contribution in [0.3, 0.4) is 0 Å². The number of aliphatic carboxylic acids is 1. The Morgan fingerprint density at radius 1 is 1.15 bits per heavy atom. The van der Waals surface area contributed by atoms with Gasteiger partial charge in [-0.2, -0.15) is 0 Å². The molecular formula is C18H21N5O3S. The van der Waals surface area contributed by atoms with Crippen LogP contribution in [0.25, 0.3) is 16.8 Å². The maximum absolute atomic E-state index is 12.3. The number of carboxylic acids is 1. The average Bonchev–Trinajstić information content (AvgIpc) is 3.20. The Morgan fingerprint density at radius 3 is 2.63 bits per heavy atom. The van der Waals surface area contributed by atoms with E-state index in [2.05, 4.69) is 15.5 Å². The van der Waals surface area contributed by atoms with Gasteiger partial charge in [0.2, 0.25) is 11.7 Å². The van der Waals surface area contributed by atoms with Gasteiger partial charge in [-0.25, -0.2) is 0 Å². The maximum atomic E-state index is 12.3. The zero-order valence-electron chi connectivity index (χ0n) is 14.8. The van der Waals surface area contributed by atoms with Gasteiger partial charge in [0.1, 0.15) is 6.54 Å². The van der Waals surface area contributed by atoms with Crippen LogP contribution in [0.2, 0.25) is 0 Å². The third-order valence-corrected chi connectivity index (χ3v) is 5.80. The van der Waals surface area contributed by atoms with Crippen molar-refractivity contribution in [1.29, 1.82) is 0 Å². The lowest BCUT2D eigenvalue weighted by molar-refractivity contribution is -0.137. The standard InChI is InChI=1S/C18H21N5O3S/c24-15(19-12-6-2-1-3-7-12)11-27-18-21-20-17-22(10-16(25)26)13-8-4-5-9-14(13)23(17)18/h4-5,8-9,12H,1-3,6-7,10-11H2,(H,19,24)(H,25,26). The first-order valence-corrected chi connectivity index (χ1v) is 10.1. The molecule has 0 spiro atoms. The van der Waals surface area contributed by atoms with Crippen molar-refractivity contribution in [3.05, 3.63) is 24.3 Å². The number of carbonyl (C=O) groups excluding carboxylic acids is 1. The van der Waals surface area contributed by atoms with Gasteiger partial charge in [-0.1, -0.05) is 43.2 Å². The molecule has 1 saturated carbocycles. The molecule has 2 heterocycles. The van der Waals surface area contributed by atoms with E-state index in [4.69, 9.17) is 0 Å². The average molecular weight is 387 g/mol. The van der Waals surface area contributed by atoms with Crippen molar-refractivity contribution < 1.29 is 14.7 Å². The van der Waals surface area contributed by atoms with Crippen LogP contribution in [-0.2, 0) is 16.1 Å². The van der Waals surface area contributed by atoms with Gasteiger partial charge in [-0.3, -0.25) is 18.6 Å². The molecule has 27 heavy (non-hydrogen) atoms. The number of amides is 1. The number of carbonyl (C=O) groups is 2. The summed E-state index contributed by atoms with van der Waals surface area (Å²) in [5.74, 6) is -0.218. The molecule has 0 unspecified atom stereocenters. The fourth-order valence-corrected chi connectivity index (χ4v) is 4.42. The first-order chi connectivity index (χ1) is 13.1. The molecule has 3 aromatic rings. The van der Waals surface area contributed by atoms with E-state index >= 15 is 0 Å². The molecule has 1 amide bonds. The normalized spacial score (nSPS) is 15.4. The number of nitrogens with zero attached hydrogens (tertiary/aromatic N) is 4. The van der Waals surface area contributed by atoms with E-state index in [0.29, 0.717) is 10.9 Å². The van der Waals surface area contributed by atoms with Crippen LogP contribution in [0.5, 0.6) is 0 Å². The highest BCUT2D eigenvalue weighted by atomic mass is 32.2. The number of aromatic nitrogens is 4. The zero-order chi connectivity index (χ0) is 18.8. The van der Waals surface area contributed by atoms with E-state index < -0.39 is 5.97 Å². The van der Waals surface area contributed by atoms with Crippen molar-refractivity contribution in [3.63, 3.8) is 0 Å². The van der Waals surface area contributed by atoms with E-state index in [1.807, 2.05) is 28.7 Å².